The van der Waals surface area contributed by atoms with Gasteiger partial charge in [0, 0.05) is 20.1 Å². The van der Waals surface area contributed by atoms with Crippen LogP contribution >= 0.6 is 11.6 Å². The van der Waals surface area contributed by atoms with Crippen molar-refractivity contribution in [2.45, 2.75) is 19.8 Å². The molecule has 0 aliphatic rings. The van der Waals surface area contributed by atoms with Gasteiger partial charge in [-0.3, -0.25) is 0 Å². The second-order valence-corrected chi connectivity index (χ2v) is 3.51. The van der Waals surface area contributed by atoms with Crippen LogP contribution in [0, 0.1) is 0 Å². The van der Waals surface area contributed by atoms with E-state index in [1.54, 1.807) is 14.2 Å². The monoisotopic (exact) mass is 184 g/mol. The highest BCUT2D eigenvalue weighted by molar-refractivity contribution is 6.17. The molecule has 0 N–H and O–H groups in total. The Hall–Kier alpha value is 0.427. The highest BCUT2D eigenvalue weighted by Crippen LogP contribution is 1.86. The van der Waals surface area contributed by atoms with Crippen molar-refractivity contribution in [2.24, 2.45) is 0 Å². The maximum Gasteiger partial charge on any atom is 0.303 e. The van der Waals surface area contributed by atoms with Crippen molar-refractivity contribution in [3.63, 3.8) is 0 Å². The minimum atomic E-state index is -0.568. The molecule has 0 aromatic heterocycles. The highest BCUT2D eigenvalue weighted by Gasteiger charge is 1.70. The molecular formula is C6H17ClO2Si. The molecule has 0 aromatic carbocycles. The summed E-state index contributed by atoms with van der Waals surface area (Å²) in [5.74, 6) is 0.816. The van der Waals surface area contributed by atoms with Crippen LogP contribution in [0.5, 0.6) is 0 Å². The normalized spacial score (nSPS) is 8.40. The first-order chi connectivity index (χ1) is 4.83. The van der Waals surface area contributed by atoms with E-state index in [1.165, 1.54) is 6.42 Å². The molecular weight excluding hydrogens is 168 g/mol. The molecule has 0 aliphatic carbocycles. The Balaban J connectivity index is 0. The third-order valence-corrected chi connectivity index (χ3v) is 1.46. The van der Waals surface area contributed by atoms with E-state index in [9.17, 15) is 0 Å². The molecule has 2 nitrogen and oxygen atoms in total. The quantitative estimate of drug-likeness (QED) is 0.485. The van der Waals surface area contributed by atoms with Crippen LogP contribution in [0.1, 0.15) is 19.8 Å². The number of unbranched alkanes of at least 4 members (excludes halogenated alkanes) is 1. The zero-order chi connectivity index (χ0) is 8.24. The average molecular weight is 185 g/mol. The summed E-state index contributed by atoms with van der Waals surface area (Å²) in [5.41, 5.74) is 0. The molecule has 0 fully saturated rings. The summed E-state index contributed by atoms with van der Waals surface area (Å²) >= 11 is 5.30. The first kappa shape index (κ1) is 13.0. The van der Waals surface area contributed by atoms with Gasteiger partial charge in [-0.05, 0) is 6.42 Å². The van der Waals surface area contributed by atoms with Crippen molar-refractivity contribution >= 4 is 21.6 Å². The van der Waals surface area contributed by atoms with Crippen LogP contribution in [-0.2, 0) is 8.85 Å². The lowest BCUT2D eigenvalue weighted by atomic mass is 10.4. The zero-order valence-corrected chi connectivity index (χ0v) is 9.19. The van der Waals surface area contributed by atoms with Crippen molar-refractivity contribution in [3.05, 3.63) is 0 Å². The lowest BCUT2D eigenvalue weighted by Crippen LogP contribution is -1.93. The molecule has 10 heavy (non-hydrogen) atoms. The van der Waals surface area contributed by atoms with Crippen LogP contribution in [0.25, 0.3) is 0 Å². The maximum atomic E-state index is 5.30. The minimum Gasteiger partial charge on any atom is -0.402 e. The van der Waals surface area contributed by atoms with Gasteiger partial charge in [0.25, 0.3) is 0 Å². The lowest BCUT2D eigenvalue weighted by molar-refractivity contribution is 0.309. The van der Waals surface area contributed by atoms with Gasteiger partial charge in [0.2, 0.25) is 0 Å². The van der Waals surface area contributed by atoms with Gasteiger partial charge < -0.3 is 8.85 Å². The Morgan fingerprint density at radius 3 is 1.80 bits per heavy atom. The Kier molecular flexibility index (Phi) is 21.1. The first-order valence-electron chi connectivity index (χ1n) is 3.37. The topological polar surface area (TPSA) is 18.5 Å². The van der Waals surface area contributed by atoms with Gasteiger partial charge >= 0.3 is 10.0 Å². The Morgan fingerprint density at radius 2 is 1.80 bits per heavy atom. The van der Waals surface area contributed by atoms with E-state index in [0.717, 1.165) is 12.3 Å². The summed E-state index contributed by atoms with van der Waals surface area (Å²) in [4.78, 5) is 0. The molecule has 0 rings (SSSR count). The molecule has 0 aromatic rings. The number of hydrogen-bond donors (Lipinski definition) is 0. The largest absolute Gasteiger partial charge is 0.402 e. The van der Waals surface area contributed by atoms with E-state index in [4.69, 9.17) is 11.6 Å². The molecule has 0 spiro atoms. The average Bonchev–Trinajstić information content (AvgIpc) is 1.93. The number of halogens is 1. The molecule has 0 unspecified atom stereocenters. The van der Waals surface area contributed by atoms with Crippen molar-refractivity contribution in [2.75, 3.05) is 20.1 Å². The fraction of sp³-hybridized carbons (Fsp3) is 1.00. The molecule has 0 heterocycles. The van der Waals surface area contributed by atoms with E-state index in [0.29, 0.717) is 0 Å². The number of rotatable bonds is 4. The van der Waals surface area contributed by atoms with Gasteiger partial charge in [0.15, 0.2) is 0 Å². The predicted octanol–water partition coefficient (Wildman–Crippen LogP) is 1.30. The standard InChI is InChI=1S/C4H9Cl.C2H8O2Si/c1-2-3-4-5;1-3-5-4-2/h2-4H2,1H3;5H2,1-2H3. The molecule has 0 saturated heterocycles. The summed E-state index contributed by atoms with van der Waals surface area (Å²) in [7, 11) is 2.73. The van der Waals surface area contributed by atoms with E-state index in [1.807, 2.05) is 0 Å². The van der Waals surface area contributed by atoms with E-state index >= 15 is 0 Å². The molecule has 4 heteroatoms. The third-order valence-electron chi connectivity index (χ3n) is 0.723. The Labute approximate surface area is 70.9 Å². The molecule has 0 aliphatic heterocycles. The van der Waals surface area contributed by atoms with Gasteiger partial charge in [-0.25, -0.2) is 0 Å². The van der Waals surface area contributed by atoms with E-state index < -0.39 is 10.0 Å². The summed E-state index contributed by atoms with van der Waals surface area (Å²) in [6.45, 7) is 2.13. The number of hydrogen-bond acceptors (Lipinski definition) is 2. The molecule has 0 bridgehead atoms. The third kappa shape index (κ3) is 23.7. The summed E-state index contributed by atoms with van der Waals surface area (Å²) in [6, 6.07) is 0. The van der Waals surface area contributed by atoms with Crippen molar-refractivity contribution in [3.8, 4) is 0 Å². The van der Waals surface area contributed by atoms with Crippen molar-refractivity contribution in [1.82, 2.24) is 0 Å². The van der Waals surface area contributed by atoms with Crippen molar-refractivity contribution in [1.29, 1.82) is 0 Å². The molecule has 0 saturated carbocycles. The first-order valence-corrected chi connectivity index (χ1v) is 5.06. The van der Waals surface area contributed by atoms with Gasteiger partial charge in [-0.2, -0.15) is 0 Å². The van der Waals surface area contributed by atoms with Crippen LogP contribution < -0.4 is 0 Å². The Morgan fingerprint density at radius 1 is 1.30 bits per heavy atom. The molecule has 0 atom stereocenters. The SMILES string of the molecule is CCCCCl.CO[SiH2]OC. The van der Waals surface area contributed by atoms with Gasteiger partial charge in [-0.1, -0.05) is 13.3 Å². The molecule has 0 radical (unpaired) electrons. The minimum absolute atomic E-state index is 0.568. The van der Waals surface area contributed by atoms with Crippen LogP contribution in [-0.4, -0.2) is 30.1 Å². The summed E-state index contributed by atoms with van der Waals surface area (Å²) < 4.78 is 9.22. The lowest BCUT2D eigenvalue weighted by Gasteiger charge is -1.86. The summed E-state index contributed by atoms with van der Waals surface area (Å²) in [5, 5.41) is 0. The predicted molar refractivity (Wildman–Crippen MR) is 48.2 cm³/mol. The highest BCUT2D eigenvalue weighted by atomic mass is 35.5. The van der Waals surface area contributed by atoms with Crippen molar-refractivity contribution < 1.29 is 8.85 Å². The second-order valence-electron chi connectivity index (χ2n) is 1.74. The van der Waals surface area contributed by atoms with E-state index in [-0.39, 0.29) is 0 Å². The van der Waals surface area contributed by atoms with E-state index in [2.05, 4.69) is 15.8 Å². The second kappa shape index (κ2) is 16.2. The maximum absolute atomic E-state index is 5.30. The smallest absolute Gasteiger partial charge is 0.303 e. The van der Waals surface area contributed by atoms with Crippen LogP contribution in [0.2, 0.25) is 0 Å². The molecule has 0 amide bonds. The Bertz CT molecular complexity index is 36.7. The van der Waals surface area contributed by atoms with Crippen LogP contribution in [0.3, 0.4) is 0 Å². The fourth-order valence-electron chi connectivity index (χ4n) is 0.251. The van der Waals surface area contributed by atoms with Gasteiger partial charge in [-0.15, -0.1) is 11.6 Å². The van der Waals surface area contributed by atoms with Gasteiger partial charge in [0.05, 0.1) is 0 Å². The molecule has 64 valence electrons. The van der Waals surface area contributed by atoms with Crippen LogP contribution in [0.15, 0.2) is 0 Å². The number of alkyl halides is 1. The fourth-order valence-corrected chi connectivity index (χ4v) is 0.754. The van der Waals surface area contributed by atoms with Crippen LogP contribution in [0.4, 0.5) is 0 Å². The summed E-state index contributed by atoms with van der Waals surface area (Å²) in [6.07, 6.45) is 2.37. The van der Waals surface area contributed by atoms with Gasteiger partial charge in [0.1, 0.15) is 0 Å². The zero-order valence-electron chi connectivity index (χ0n) is 7.02.